The number of ether oxygens (including phenoxy) is 1. The van der Waals surface area contributed by atoms with Gasteiger partial charge in [-0.2, -0.15) is 0 Å². The second-order valence-corrected chi connectivity index (χ2v) is 6.07. The van der Waals surface area contributed by atoms with Crippen LogP contribution in [0.4, 0.5) is 10.5 Å². The summed E-state index contributed by atoms with van der Waals surface area (Å²) in [5, 5.41) is 9.33. The predicted octanol–water partition coefficient (Wildman–Crippen LogP) is 2.14. The molecule has 1 amide bonds. The maximum atomic E-state index is 12.8. The Hall–Kier alpha value is -3.42. The molecule has 0 radical (unpaired) electrons. The minimum absolute atomic E-state index is 0.0294. The zero-order chi connectivity index (χ0) is 19.4. The Morgan fingerprint density at radius 2 is 2.11 bits per heavy atom. The second-order valence-electron chi connectivity index (χ2n) is 6.07. The van der Waals surface area contributed by atoms with E-state index in [4.69, 9.17) is 4.74 Å². The smallest absolute Gasteiger partial charge is 0.415 e. The Morgan fingerprint density at radius 1 is 1.37 bits per heavy atom. The van der Waals surface area contributed by atoms with Crippen LogP contribution in [-0.4, -0.2) is 33.3 Å². The fraction of sp³-hybridized carbons (Fsp3) is 0.263. The van der Waals surface area contributed by atoms with Crippen LogP contribution in [0.5, 0.6) is 0 Å². The van der Waals surface area contributed by atoms with Crippen LogP contribution < -0.4 is 10.5 Å². The van der Waals surface area contributed by atoms with Crippen LogP contribution in [0.3, 0.4) is 0 Å². The van der Waals surface area contributed by atoms with E-state index < -0.39 is 23.7 Å². The number of aryl methyl sites for hydroxylation is 1. The van der Waals surface area contributed by atoms with Crippen molar-refractivity contribution in [3.05, 3.63) is 70.9 Å². The summed E-state index contributed by atoms with van der Waals surface area (Å²) >= 11 is 0. The van der Waals surface area contributed by atoms with Crippen LogP contribution in [0.1, 0.15) is 23.9 Å². The molecule has 0 aliphatic carbocycles. The number of anilines is 1. The van der Waals surface area contributed by atoms with E-state index in [1.54, 1.807) is 0 Å². The number of nitrogens with zero attached hydrogens (tertiary/aromatic N) is 3. The standard InChI is InChI=1S/C19H19N3O5/c1-2-10-21(19(26)27-12-13-6-4-3-5-7-13)15-11-20-16-9-8-14(18(24)25)22(16)17(15)23/h2-7,11,14H,1,8-10,12H2,(H,24,25). The number of fused-ring (bicyclic) bond motifs is 1. The van der Waals surface area contributed by atoms with Gasteiger partial charge in [-0.15, -0.1) is 6.58 Å². The van der Waals surface area contributed by atoms with E-state index in [0.29, 0.717) is 18.7 Å². The molecular formula is C19H19N3O5. The summed E-state index contributed by atoms with van der Waals surface area (Å²) in [5.41, 5.74) is 0.187. The van der Waals surface area contributed by atoms with Crippen molar-refractivity contribution in [3.8, 4) is 0 Å². The first kappa shape index (κ1) is 18.4. The van der Waals surface area contributed by atoms with Gasteiger partial charge in [-0.3, -0.25) is 14.3 Å². The number of hydrogen-bond donors (Lipinski definition) is 1. The topological polar surface area (TPSA) is 102 Å². The molecule has 3 rings (SSSR count). The van der Waals surface area contributed by atoms with Crippen molar-refractivity contribution < 1.29 is 19.4 Å². The van der Waals surface area contributed by atoms with Crippen molar-refractivity contribution in [1.82, 2.24) is 9.55 Å². The minimum atomic E-state index is -1.10. The van der Waals surface area contributed by atoms with Gasteiger partial charge < -0.3 is 9.84 Å². The van der Waals surface area contributed by atoms with Gasteiger partial charge in [0.1, 0.15) is 24.2 Å². The Labute approximate surface area is 155 Å². The number of carboxylic acid groups (broad SMARTS) is 1. The van der Waals surface area contributed by atoms with Crippen molar-refractivity contribution in [2.75, 3.05) is 11.4 Å². The number of aliphatic carboxylic acids is 1. The summed E-state index contributed by atoms with van der Waals surface area (Å²) in [6.07, 6.45) is 2.69. The normalized spacial score (nSPS) is 15.0. The van der Waals surface area contributed by atoms with Gasteiger partial charge in [-0.1, -0.05) is 36.4 Å². The molecule has 0 fully saturated rings. The van der Waals surface area contributed by atoms with Gasteiger partial charge in [0, 0.05) is 13.0 Å². The van der Waals surface area contributed by atoms with E-state index in [1.807, 2.05) is 30.3 Å². The lowest BCUT2D eigenvalue weighted by molar-refractivity contribution is -0.140. The van der Waals surface area contributed by atoms with Crippen LogP contribution in [0.2, 0.25) is 0 Å². The molecule has 0 bridgehead atoms. The summed E-state index contributed by atoms with van der Waals surface area (Å²) in [6, 6.07) is 8.15. The van der Waals surface area contributed by atoms with Crippen molar-refractivity contribution in [3.63, 3.8) is 0 Å². The third-order valence-electron chi connectivity index (χ3n) is 4.32. The van der Waals surface area contributed by atoms with E-state index in [2.05, 4.69) is 11.6 Å². The molecule has 2 heterocycles. The van der Waals surface area contributed by atoms with Crippen molar-refractivity contribution >= 4 is 17.7 Å². The molecule has 0 saturated heterocycles. The maximum Gasteiger partial charge on any atom is 0.415 e. The minimum Gasteiger partial charge on any atom is -0.480 e. The molecular weight excluding hydrogens is 350 g/mol. The number of amides is 1. The van der Waals surface area contributed by atoms with E-state index in [1.165, 1.54) is 12.3 Å². The highest BCUT2D eigenvalue weighted by Gasteiger charge is 2.32. The Kier molecular flexibility index (Phi) is 5.35. The van der Waals surface area contributed by atoms with E-state index in [-0.39, 0.29) is 18.8 Å². The van der Waals surface area contributed by atoms with Crippen LogP contribution in [0, 0.1) is 0 Å². The Morgan fingerprint density at radius 3 is 2.78 bits per heavy atom. The lowest BCUT2D eigenvalue weighted by atomic mass is 10.2. The molecule has 0 spiro atoms. The first-order valence-electron chi connectivity index (χ1n) is 8.45. The molecule has 1 N–H and O–H groups in total. The molecule has 8 nitrogen and oxygen atoms in total. The van der Waals surface area contributed by atoms with Crippen LogP contribution in [-0.2, 0) is 22.6 Å². The van der Waals surface area contributed by atoms with Gasteiger partial charge in [0.25, 0.3) is 5.56 Å². The molecule has 8 heteroatoms. The molecule has 1 unspecified atom stereocenters. The molecule has 140 valence electrons. The van der Waals surface area contributed by atoms with Crippen molar-refractivity contribution in [2.45, 2.75) is 25.5 Å². The largest absolute Gasteiger partial charge is 0.480 e. The first-order valence-corrected chi connectivity index (χ1v) is 8.45. The summed E-state index contributed by atoms with van der Waals surface area (Å²) in [4.78, 5) is 42.1. The molecule has 0 saturated carbocycles. The number of benzene rings is 1. The zero-order valence-electron chi connectivity index (χ0n) is 14.6. The number of hydrogen-bond acceptors (Lipinski definition) is 5. The summed E-state index contributed by atoms with van der Waals surface area (Å²) in [5.74, 6) is -0.705. The average Bonchev–Trinajstić information content (AvgIpc) is 3.11. The van der Waals surface area contributed by atoms with Gasteiger partial charge in [0.05, 0.1) is 6.20 Å². The van der Waals surface area contributed by atoms with Gasteiger partial charge in [0.2, 0.25) is 0 Å². The maximum absolute atomic E-state index is 12.8. The van der Waals surface area contributed by atoms with Crippen LogP contribution >= 0.6 is 0 Å². The lowest BCUT2D eigenvalue weighted by Gasteiger charge is -2.21. The number of aromatic nitrogens is 2. The summed E-state index contributed by atoms with van der Waals surface area (Å²) < 4.78 is 6.43. The highest BCUT2D eigenvalue weighted by atomic mass is 16.6. The lowest BCUT2D eigenvalue weighted by Crippen LogP contribution is -2.39. The Balaban J connectivity index is 1.88. The zero-order valence-corrected chi connectivity index (χ0v) is 14.6. The SMILES string of the molecule is C=CCN(C(=O)OCc1ccccc1)c1cnc2n(c1=O)C(C(=O)O)CC2. The van der Waals surface area contributed by atoms with Gasteiger partial charge in [-0.05, 0) is 12.0 Å². The van der Waals surface area contributed by atoms with Gasteiger partial charge in [-0.25, -0.2) is 14.6 Å². The highest BCUT2D eigenvalue weighted by Crippen LogP contribution is 2.24. The van der Waals surface area contributed by atoms with Crippen LogP contribution in [0.25, 0.3) is 0 Å². The second kappa shape index (κ2) is 7.86. The van der Waals surface area contributed by atoms with Crippen molar-refractivity contribution in [1.29, 1.82) is 0 Å². The van der Waals surface area contributed by atoms with Gasteiger partial charge in [0.15, 0.2) is 0 Å². The summed E-state index contributed by atoms with van der Waals surface area (Å²) in [6.45, 7) is 3.67. The molecule has 1 aromatic heterocycles. The highest BCUT2D eigenvalue weighted by molar-refractivity contribution is 5.87. The third kappa shape index (κ3) is 3.74. The molecule has 1 aliphatic heterocycles. The van der Waals surface area contributed by atoms with E-state index >= 15 is 0 Å². The number of carbonyl (C=O) groups excluding carboxylic acids is 1. The number of carboxylic acids is 1. The van der Waals surface area contributed by atoms with Crippen molar-refractivity contribution in [2.24, 2.45) is 0 Å². The molecule has 2 aromatic rings. The predicted molar refractivity (Wildman–Crippen MR) is 97.7 cm³/mol. The quantitative estimate of drug-likeness (QED) is 0.783. The number of carbonyl (C=O) groups is 2. The monoisotopic (exact) mass is 369 g/mol. The average molecular weight is 369 g/mol. The fourth-order valence-corrected chi connectivity index (χ4v) is 3.01. The van der Waals surface area contributed by atoms with Crippen LogP contribution in [0.15, 0.2) is 54.0 Å². The first-order chi connectivity index (χ1) is 13.0. The summed E-state index contributed by atoms with van der Waals surface area (Å²) in [7, 11) is 0. The molecule has 1 aliphatic rings. The molecule has 27 heavy (non-hydrogen) atoms. The number of rotatable bonds is 6. The third-order valence-corrected chi connectivity index (χ3v) is 4.32. The molecule has 1 atom stereocenters. The fourth-order valence-electron chi connectivity index (χ4n) is 3.01. The Bertz CT molecular complexity index is 923. The molecule has 1 aromatic carbocycles. The van der Waals surface area contributed by atoms with E-state index in [0.717, 1.165) is 15.0 Å². The van der Waals surface area contributed by atoms with Gasteiger partial charge >= 0.3 is 12.1 Å². The van der Waals surface area contributed by atoms with E-state index in [9.17, 15) is 19.5 Å².